The molecule has 0 saturated carbocycles. The quantitative estimate of drug-likeness (QED) is 0.400. The van der Waals surface area contributed by atoms with Crippen molar-refractivity contribution in [2.24, 2.45) is 5.41 Å². The number of aryl methyl sites for hydroxylation is 1. The van der Waals surface area contributed by atoms with E-state index >= 15 is 0 Å². The Hall–Kier alpha value is -3.32. The fourth-order valence-electron chi connectivity index (χ4n) is 6.46. The Bertz CT molecular complexity index is 1310. The van der Waals surface area contributed by atoms with Crippen molar-refractivity contribution in [3.63, 3.8) is 0 Å². The number of rotatable bonds is 7. The third kappa shape index (κ3) is 6.19. The Morgan fingerprint density at radius 1 is 1.00 bits per heavy atom. The van der Waals surface area contributed by atoms with Crippen LogP contribution in [0.4, 0.5) is 31.1 Å². The van der Waals surface area contributed by atoms with Crippen molar-refractivity contribution in [1.29, 1.82) is 0 Å². The second-order valence-electron chi connectivity index (χ2n) is 11.4. The Morgan fingerprint density at radius 3 is 2.07 bits per heavy atom. The largest absolute Gasteiger partial charge is 0.416 e. The molecule has 7 nitrogen and oxygen atoms in total. The molecule has 2 unspecified atom stereocenters. The Balaban J connectivity index is 1.74. The minimum Gasteiger partial charge on any atom is -0.396 e. The molecule has 2 heterocycles. The van der Waals surface area contributed by atoms with Crippen molar-refractivity contribution in [3.8, 4) is 0 Å². The van der Waals surface area contributed by atoms with Crippen LogP contribution in [0, 0.1) is 12.3 Å². The van der Waals surface area contributed by atoms with Gasteiger partial charge in [-0.1, -0.05) is 24.3 Å². The maximum absolute atomic E-state index is 14.1. The number of halogens is 6. The molecule has 236 valence electrons. The van der Waals surface area contributed by atoms with Crippen molar-refractivity contribution < 1.29 is 46.1 Å². The first-order chi connectivity index (χ1) is 20.1. The number of urea groups is 1. The zero-order valence-corrected chi connectivity index (χ0v) is 24.0. The lowest BCUT2D eigenvalue weighted by Crippen LogP contribution is -2.57. The number of hydrogen-bond donors (Lipinski definition) is 2. The van der Waals surface area contributed by atoms with Gasteiger partial charge in [-0.05, 0) is 68.0 Å². The molecule has 0 bridgehead atoms. The number of benzene rings is 2. The summed E-state index contributed by atoms with van der Waals surface area (Å²) in [5.74, 6) is -0.225. The summed E-state index contributed by atoms with van der Waals surface area (Å²) in [7, 11) is 1.32. The lowest BCUT2D eigenvalue weighted by atomic mass is 9.77. The summed E-state index contributed by atoms with van der Waals surface area (Å²) in [5.41, 5.74) is -2.73. The predicted molar refractivity (Wildman–Crippen MR) is 145 cm³/mol. The highest BCUT2D eigenvalue weighted by molar-refractivity contribution is 5.86. The number of aliphatic hydroxyl groups excluding tert-OH is 2. The van der Waals surface area contributed by atoms with Crippen molar-refractivity contribution in [2.75, 3.05) is 33.4 Å². The molecule has 0 aliphatic carbocycles. The fourth-order valence-corrected chi connectivity index (χ4v) is 6.46. The molecule has 2 aromatic rings. The van der Waals surface area contributed by atoms with Gasteiger partial charge in [0.1, 0.15) is 0 Å². The Kier molecular flexibility index (Phi) is 9.09. The molecule has 2 aliphatic rings. The standard InChI is InChI=1S/C30H35F6N3O4/c1-18-6-4-5-7-23(18)25-24-17-28(8-12-40,9-13-41)26(42)38(24)10-11-39(25)27(43)37(3)19(2)20-14-21(29(31,32)33)16-22(15-20)30(34,35)36/h4-7,14-16,19,24-25,40-41H,8-13,17H2,1-3H3/t19-,24?,25?/m1/s1. The summed E-state index contributed by atoms with van der Waals surface area (Å²) in [4.78, 5) is 32.0. The third-order valence-corrected chi connectivity index (χ3v) is 8.91. The number of hydrogen-bond acceptors (Lipinski definition) is 4. The van der Waals surface area contributed by atoms with Gasteiger partial charge in [0.05, 0.1) is 34.7 Å². The minimum atomic E-state index is -5.03. The molecule has 2 N–H and O–H groups in total. The normalized spacial score (nSPS) is 21.1. The maximum Gasteiger partial charge on any atom is 0.416 e. The van der Waals surface area contributed by atoms with Gasteiger partial charge >= 0.3 is 18.4 Å². The molecule has 2 aliphatic heterocycles. The van der Waals surface area contributed by atoms with Gasteiger partial charge in [-0.2, -0.15) is 26.3 Å². The summed E-state index contributed by atoms with van der Waals surface area (Å²) >= 11 is 0. The number of piperazine rings is 1. The van der Waals surface area contributed by atoms with Gasteiger partial charge in [0.15, 0.2) is 0 Å². The van der Waals surface area contributed by atoms with Crippen LogP contribution in [0.3, 0.4) is 0 Å². The number of alkyl halides is 6. The molecule has 43 heavy (non-hydrogen) atoms. The highest BCUT2D eigenvalue weighted by Gasteiger charge is 2.56. The minimum absolute atomic E-state index is 0.0492. The monoisotopic (exact) mass is 615 g/mol. The first-order valence-electron chi connectivity index (χ1n) is 14.0. The molecule has 13 heteroatoms. The van der Waals surface area contributed by atoms with Gasteiger partial charge in [0.2, 0.25) is 5.91 Å². The van der Waals surface area contributed by atoms with E-state index in [1.165, 1.54) is 18.9 Å². The maximum atomic E-state index is 14.1. The van der Waals surface area contributed by atoms with Crippen LogP contribution in [-0.4, -0.2) is 76.2 Å². The van der Waals surface area contributed by atoms with Gasteiger partial charge in [-0.25, -0.2) is 4.79 Å². The number of nitrogens with zero attached hydrogens (tertiary/aromatic N) is 3. The van der Waals surface area contributed by atoms with Crippen molar-refractivity contribution in [1.82, 2.24) is 14.7 Å². The SMILES string of the molecule is Cc1ccccc1C1C2CC(CCO)(CCO)C(=O)N2CCN1C(=O)N(C)[C@H](C)c1cc(C(F)(F)F)cc(C(F)(F)F)c1. The molecular formula is C30H35F6N3O4. The van der Waals surface area contributed by atoms with E-state index in [-0.39, 0.29) is 63.1 Å². The van der Waals surface area contributed by atoms with E-state index in [1.54, 1.807) is 11.0 Å². The molecule has 3 amide bonds. The van der Waals surface area contributed by atoms with Crippen LogP contribution in [-0.2, 0) is 17.1 Å². The van der Waals surface area contributed by atoms with E-state index in [0.717, 1.165) is 16.0 Å². The molecular weight excluding hydrogens is 580 g/mol. The van der Waals surface area contributed by atoms with E-state index in [4.69, 9.17) is 0 Å². The van der Waals surface area contributed by atoms with E-state index in [1.807, 2.05) is 25.1 Å². The lowest BCUT2D eigenvalue weighted by Gasteiger charge is -2.47. The topological polar surface area (TPSA) is 84.3 Å². The molecule has 2 fully saturated rings. The zero-order valence-electron chi connectivity index (χ0n) is 24.0. The summed E-state index contributed by atoms with van der Waals surface area (Å²) in [6.07, 6.45) is -9.56. The van der Waals surface area contributed by atoms with E-state index in [2.05, 4.69) is 0 Å². The van der Waals surface area contributed by atoms with Gasteiger partial charge in [0, 0.05) is 33.4 Å². The highest BCUT2D eigenvalue weighted by atomic mass is 19.4. The predicted octanol–water partition coefficient (Wildman–Crippen LogP) is 5.55. The molecule has 2 saturated heterocycles. The van der Waals surface area contributed by atoms with Crippen molar-refractivity contribution in [2.45, 2.75) is 63.6 Å². The van der Waals surface area contributed by atoms with Crippen LogP contribution in [0.25, 0.3) is 0 Å². The fraction of sp³-hybridized carbons (Fsp3) is 0.533. The van der Waals surface area contributed by atoms with Crippen LogP contribution >= 0.6 is 0 Å². The van der Waals surface area contributed by atoms with Crippen molar-refractivity contribution in [3.05, 3.63) is 70.3 Å². The first-order valence-corrected chi connectivity index (χ1v) is 14.0. The average Bonchev–Trinajstić information content (AvgIpc) is 3.21. The summed E-state index contributed by atoms with van der Waals surface area (Å²) in [6, 6.07) is 5.53. The third-order valence-electron chi connectivity index (χ3n) is 8.91. The number of aliphatic hydroxyl groups is 2. The molecule has 0 radical (unpaired) electrons. The number of carbonyl (C=O) groups is 2. The van der Waals surface area contributed by atoms with E-state index in [0.29, 0.717) is 12.1 Å². The van der Waals surface area contributed by atoms with Crippen molar-refractivity contribution >= 4 is 11.9 Å². The van der Waals surface area contributed by atoms with Crippen LogP contribution in [0.5, 0.6) is 0 Å². The summed E-state index contributed by atoms with van der Waals surface area (Å²) in [6.45, 7) is 2.85. The number of carbonyl (C=O) groups excluding carboxylic acids is 2. The smallest absolute Gasteiger partial charge is 0.396 e. The average molecular weight is 616 g/mol. The zero-order chi connectivity index (χ0) is 31.9. The lowest BCUT2D eigenvalue weighted by molar-refractivity contribution is -0.143. The molecule has 4 rings (SSSR count). The van der Waals surface area contributed by atoms with Crippen LogP contribution in [0.1, 0.15) is 66.1 Å². The van der Waals surface area contributed by atoms with Gasteiger partial charge in [-0.15, -0.1) is 0 Å². The highest BCUT2D eigenvalue weighted by Crippen LogP contribution is 2.49. The van der Waals surface area contributed by atoms with E-state index < -0.39 is 53.1 Å². The molecule has 2 aromatic carbocycles. The molecule has 3 atom stereocenters. The molecule has 0 aromatic heterocycles. The first kappa shape index (κ1) is 32.6. The van der Waals surface area contributed by atoms with Gasteiger partial charge < -0.3 is 24.9 Å². The van der Waals surface area contributed by atoms with Gasteiger partial charge in [-0.3, -0.25) is 4.79 Å². The van der Waals surface area contributed by atoms with Crippen LogP contribution < -0.4 is 0 Å². The van der Waals surface area contributed by atoms with Crippen LogP contribution in [0.2, 0.25) is 0 Å². The summed E-state index contributed by atoms with van der Waals surface area (Å²) < 4.78 is 81.2. The van der Waals surface area contributed by atoms with Gasteiger partial charge in [0.25, 0.3) is 0 Å². The van der Waals surface area contributed by atoms with E-state index in [9.17, 15) is 46.1 Å². The second-order valence-corrected chi connectivity index (χ2v) is 11.4. The second kappa shape index (κ2) is 12.0. The Morgan fingerprint density at radius 2 is 1.56 bits per heavy atom. The van der Waals surface area contributed by atoms with Crippen LogP contribution in [0.15, 0.2) is 42.5 Å². The number of amides is 3. The Labute approximate surface area is 245 Å². The molecule has 0 spiro atoms. The number of fused-ring (bicyclic) bond motifs is 1. The summed E-state index contributed by atoms with van der Waals surface area (Å²) in [5, 5.41) is 19.5.